The summed E-state index contributed by atoms with van der Waals surface area (Å²) in [4.78, 5) is 2.21. The summed E-state index contributed by atoms with van der Waals surface area (Å²) in [7, 11) is 2.08. The van der Waals surface area contributed by atoms with Crippen LogP contribution < -0.4 is 14.7 Å². The zero-order chi connectivity index (χ0) is 24.3. The third-order valence-corrected chi connectivity index (χ3v) is 9.28. The number of nitriles is 2. The summed E-state index contributed by atoms with van der Waals surface area (Å²) < 4.78 is 6.58. The minimum absolute atomic E-state index is 0.0545. The van der Waals surface area contributed by atoms with Crippen molar-refractivity contribution in [2.75, 3.05) is 11.9 Å². The molecule has 6 heteroatoms. The molecule has 3 aromatic rings. The molecule has 1 aliphatic heterocycles. The molecule has 0 N–H and O–H groups in total. The van der Waals surface area contributed by atoms with Gasteiger partial charge in [0.2, 0.25) is 0 Å². The third kappa shape index (κ3) is 4.42. The number of hydrogen-bond donors (Lipinski definition) is 0. The smallest absolute Gasteiger partial charge is 0.166 e. The number of nitrogens with zero attached hydrogens (tertiary/aromatic N) is 3. The highest BCUT2D eigenvalue weighted by molar-refractivity contribution is 8.17. The van der Waals surface area contributed by atoms with Crippen LogP contribution in [-0.2, 0) is 17.2 Å². The van der Waals surface area contributed by atoms with Crippen LogP contribution in [0.2, 0.25) is 0 Å². The van der Waals surface area contributed by atoms with E-state index in [0.717, 1.165) is 16.6 Å². The molecule has 0 aliphatic carbocycles. The van der Waals surface area contributed by atoms with Gasteiger partial charge in [-0.05, 0) is 47.2 Å². The standard InChI is InChI=1S/C28H24N3OPS/c1-28(2)25-11-7-8-12-26(25)31(3)27(28)20-33(34,24-9-5-4-6-10-24)32-23-15-13-21(14-16-23)17-22(18-29)19-30/h4-17,20H,1-3H3. The lowest BCUT2D eigenvalue weighted by atomic mass is 9.84. The van der Waals surface area contributed by atoms with Crippen molar-refractivity contribution in [1.29, 1.82) is 10.5 Å². The Hall–Kier alpha value is -3.63. The van der Waals surface area contributed by atoms with Gasteiger partial charge < -0.3 is 9.42 Å². The van der Waals surface area contributed by atoms with E-state index < -0.39 is 6.26 Å². The highest BCUT2D eigenvalue weighted by Crippen LogP contribution is 2.55. The number of fused-ring (bicyclic) bond motifs is 1. The Kier molecular flexibility index (Phi) is 6.45. The maximum Gasteiger partial charge on any atom is 0.166 e. The average molecular weight is 482 g/mol. The number of para-hydroxylation sites is 1. The first kappa shape index (κ1) is 23.5. The highest BCUT2D eigenvalue weighted by Gasteiger charge is 2.40. The number of likely N-dealkylation sites (N-methyl/N-ethyl adjacent to an activating group) is 1. The highest BCUT2D eigenvalue weighted by atomic mass is 32.4. The van der Waals surface area contributed by atoms with Gasteiger partial charge in [0.1, 0.15) is 23.5 Å². The van der Waals surface area contributed by atoms with Gasteiger partial charge >= 0.3 is 0 Å². The van der Waals surface area contributed by atoms with Crippen molar-refractivity contribution in [2.45, 2.75) is 19.3 Å². The van der Waals surface area contributed by atoms with Gasteiger partial charge in [-0.3, -0.25) is 0 Å². The third-order valence-electron chi connectivity index (χ3n) is 6.02. The van der Waals surface area contributed by atoms with Gasteiger partial charge in [-0.1, -0.05) is 74.5 Å². The molecule has 4 rings (SSSR count). The van der Waals surface area contributed by atoms with Crippen LogP contribution in [0.1, 0.15) is 25.0 Å². The molecule has 0 fully saturated rings. The molecule has 1 unspecified atom stereocenters. The molecule has 0 amide bonds. The number of allylic oxidation sites excluding steroid dienone is 2. The van der Waals surface area contributed by atoms with Gasteiger partial charge in [0.05, 0.1) is 0 Å². The second-order valence-corrected chi connectivity index (χ2v) is 12.4. The lowest BCUT2D eigenvalue weighted by Crippen LogP contribution is -2.24. The lowest BCUT2D eigenvalue weighted by molar-refractivity contribution is 0.619. The van der Waals surface area contributed by atoms with E-state index in [9.17, 15) is 0 Å². The molecule has 0 saturated carbocycles. The fraction of sp³-hybridized carbons (Fsp3) is 0.143. The quantitative estimate of drug-likeness (QED) is 0.308. The molecule has 1 atom stereocenters. The predicted octanol–water partition coefficient (Wildman–Crippen LogP) is 6.48. The molecule has 1 aliphatic rings. The monoisotopic (exact) mass is 481 g/mol. The first-order chi connectivity index (χ1) is 16.3. The van der Waals surface area contributed by atoms with Gasteiger partial charge in [-0.15, -0.1) is 0 Å². The topological polar surface area (TPSA) is 60.0 Å². The minimum atomic E-state index is -2.63. The first-order valence-electron chi connectivity index (χ1n) is 10.8. The number of rotatable bonds is 5. The van der Waals surface area contributed by atoms with Crippen molar-refractivity contribution in [1.82, 2.24) is 0 Å². The lowest BCUT2D eigenvalue weighted by Gasteiger charge is -2.28. The molecule has 0 spiro atoms. The fourth-order valence-electron chi connectivity index (χ4n) is 4.22. The van der Waals surface area contributed by atoms with E-state index >= 15 is 0 Å². The molecule has 0 radical (unpaired) electrons. The maximum atomic E-state index is 9.00. The zero-order valence-corrected chi connectivity index (χ0v) is 21.0. The normalized spacial score (nSPS) is 16.6. The van der Waals surface area contributed by atoms with Gasteiger partial charge in [0.25, 0.3) is 0 Å². The van der Waals surface area contributed by atoms with Gasteiger partial charge in [0, 0.05) is 35.0 Å². The summed E-state index contributed by atoms with van der Waals surface area (Å²) in [5.74, 6) is 2.79. The Morgan fingerprint density at radius 2 is 1.56 bits per heavy atom. The average Bonchev–Trinajstić information content (AvgIpc) is 3.05. The summed E-state index contributed by atoms with van der Waals surface area (Å²) >= 11 is 6.28. The van der Waals surface area contributed by atoms with Crippen molar-refractivity contribution in [3.8, 4) is 17.9 Å². The van der Waals surface area contributed by atoms with Gasteiger partial charge in [0.15, 0.2) is 6.26 Å². The van der Waals surface area contributed by atoms with Crippen molar-refractivity contribution in [2.24, 2.45) is 0 Å². The van der Waals surface area contributed by atoms with E-state index in [4.69, 9.17) is 26.9 Å². The maximum absolute atomic E-state index is 9.00. The van der Waals surface area contributed by atoms with E-state index in [1.807, 2.05) is 66.7 Å². The molecule has 34 heavy (non-hydrogen) atoms. The van der Waals surface area contributed by atoms with Crippen LogP contribution in [0.15, 0.2) is 96.0 Å². The van der Waals surface area contributed by atoms with E-state index in [2.05, 4.69) is 55.9 Å². The predicted molar refractivity (Wildman–Crippen MR) is 143 cm³/mol. The van der Waals surface area contributed by atoms with E-state index in [1.54, 1.807) is 6.08 Å². The van der Waals surface area contributed by atoms with Crippen LogP contribution in [0, 0.1) is 22.7 Å². The second-order valence-electron chi connectivity index (χ2n) is 8.59. The van der Waals surface area contributed by atoms with Crippen molar-refractivity contribution >= 4 is 35.1 Å². The Bertz CT molecular complexity index is 1390. The van der Waals surface area contributed by atoms with Crippen LogP contribution in [0.3, 0.4) is 0 Å². The largest absolute Gasteiger partial charge is 0.458 e. The number of hydrogen-bond acceptors (Lipinski definition) is 5. The first-order valence-corrected chi connectivity index (χ1v) is 13.6. The summed E-state index contributed by atoms with van der Waals surface area (Å²) in [5.41, 5.74) is 4.15. The summed E-state index contributed by atoms with van der Waals surface area (Å²) in [6.07, 6.45) is -1.09. The van der Waals surface area contributed by atoms with Crippen LogP contribution >= 0.6 is 6.26 Å². The van der Waals surface area contributed by atoms with Crippen LogP contribution in [0.25, 0.3) is 6.08 Å². The Balaban J connectivity index is 1.77. The molecular weight excluding hydrogens is 457 g/mol. The number of anilines is 1. The van der Waals surface area contributed by atoms with Crippen LogP contribution in [0.4, 0.5) is 5.69 Å². The van der Waals surface area contributed by atoms with E-state index in [1.165, 1.54) is 11.3 Å². The minimum Gasteiger partial charge on any atom is -0.458 e. The molecule has 0 aromatic heterocycles. The molecule has 3 aromatic carbocycles. The Morgan fingerprint density at radius 1 is 0.941 bits per heavy atom. The fourth-order valence-corrected chi connectivity index (χ4v) is 7.29. The van der Waals surface area contributed by atoms with E-state index in [-0.39, 0.29) is 11.0 Å². The second kappa shape index (κ2) is 9.32. The molecule has 0 bridgehead atoms. The molecule has 168 valence electrons. The molecular formula is C28H24N3OPS. The summed E-state index contributed by atoms with van der Waals surface area (Å²) in [5, 5.41) is 19.0. The van der Waals surface area contributed by atoms with Gasteiger partial charge in [-0.25, -0.2) is 0 Å². The zero-order valence-electron chi connectivity index (χ0n) is 19.3. The van der Waals surface area contributed by atoms with E-state index in [0.29, 0.717) is 5.75 Å². The summed E-state index contributed by atoms with van der Waals surface area (Å²) in [6, 6.07) is 29.5. The SMILES string of the molecule is CN1C(=CP(=S)(Oc2ccc(C=C(C#N)C#N)cc2)c2ccccc2)C(C)(C)c2ccccc21. The molecule has 4 nitrogen and oxygen atoms in total. The van der Waals surface area contributed by atoms with Crippen molar-refractivity contribution in [3.63, 3.8) is 0 Å². The van der Waals surface area contributed by atoms with Crippen LogP contribution in [0.5, 0.6) is 5.75 Å². The Labute approximate surface area is 206 Å². The number of benzene rings is 3. The molecule has 0 saturated heterocycles. The van der Waals surface area contributed by atoms with Crippen LogP contribution in [-0.4, -0.2) is 7.05 Å². The summed E-state index contributed by atoms with van der Waals surface area (Å²) in [6.45, 7) is 4.43. The Morgan fingerprint density at radius 3 is 2.18 bits per heavy atom. The van der Waals surface area contributed by atoms with Crippen molar-refractivity contribution in [3.05, 3.63) is 107 Å². The van der Waals surface area contributed by atoms with Crippen molar-refractivity contribution < 1.29 is 4.52 Å². The van der Waals surface area contributed by atoms with Gasteiger partial charge in [-0.2, -0.15) is 10.5 Å². The molecule has 1 heterocycles.